The van der Waals surface area contributed by atoms with Crippen molar-refractivity contribution in [2.45, 2.75) is 26.2 Å². The summed E-state index contributed by atoms with van der Waals surface area (Å²) in [5, 5.41) is 0. The number of nitrogens with one attached hydrogen (secondary N) is 1. The summed E-state index contributed by atoms with van der Waals surface area (Å²) in [6.07, 6.45) is 0.507. The Balaban J connectivity index is 1.65. The highest BCUT2D eigenvalue weighted by Gasteiger charge is 2.34. The molecule has 0 bridgehead atoms. The van der Waals surface area contributed by atoms with Gasteiger partial charge in [-0.05, 0) is 37.6 Å². The molecule has 4 nitrogen and oxygen atoms in total. The van der Waals surface area contributed by atoms with Gasteiger partial charge in [0.1, 0.15) is 5.82 Å². The first-order valence-electron chi connectivity index (χ1n) is 7.94. The van der Waals surface area contributed by atoms with Crippen LogP contribution < -0.4 is 4.90 Å². The van der Waals surface area contributed by atoms with Crippen LogP contribution in [0.3, 0.4) is 0 Å². The Hall–Kier alpha value is -2.62. The van der Waals surface area contributed by atoms with E-state index in [1.54, 1.807) is 0 Å². The molecule has 4 rings (SSSR count). The van der Waals surface area contributed by atoms with Crippen molar-refractivity contribution >= 4 is 22.6 Å². The first-order valence-corrected chi connectivity index (χ1v) is 7.94. The number of amides is 1. The molecule has 4 heteroatoms. The van der Waals surface area contributed by atoms with Crippen molar-refractivity contribution < 1.29 is 4.79 Å². The molecule has 1 aliphatic rings. The monoisotopic (exact) mass is 305 g/mol. The molecule has 0 saturated carbocycles. The van der Waals surface area contributed by atoms with Gasteiger partial charge in [-0.1, -0.05) is 29.8 Å². The fourth-order valence-corrected chi connectivity index (χ4v) is 3.40. The maximum Gasteiger partial charge on any atom is 0.227 e. The van der Waals surface area contributed by atoms with Gasteiger partial charge in [0, 0.05) is 24.6 Å². The van der Waals surface area contributed by atoms with Crippen LogP contribution in [0.1, 0.15) is 29.3 Å². The molecule has 2 heterocycles. The van der Waals surface area contributed by atoms with E-state index in [4.69, 9.17) is 0 Å². The van der Waals surface area contributed by atoms with Crippen LogP contribution in [0, 0.1) is 13.8 Å². The number of carbonyl (C=O) groups is 1. The number of aromatic amines is 1. The summed E-state index contributed by atoms with van der Waals surface area (Å²) in [5.74, 6) is 1.20. The standard InChI is InChI=1S/C19H19N3O/c1-12-7-8-17(13(2)9-12)22-11-14(10-18(22)23)19-20-15-5-3-4-6-16(15)21-19/h3-9,14H,10-11H2,1-2H3,(H,20,21)/t14-/m0/s1. The van der Waals surface area contributed by atoms with Crippen LogP contribution in [0.2, 0.25) is 0 Å². The molecule has 1 fully saturated rings. The van der Waals surface area contributed by atoms with Crippen molar-refractivity contribution in [3.63, 3.8) is 0 Å². The van der Waals surface area contributed by atoms with Gasteiger partial charge in [-0.2, -0.15) is 0 Å². The minimum atomic E-state index is 0.121. The zero-order valence-electron chi connectivity index (χ0n) is 13.3. The average molecular weight is 305 g/mol. The third-order valence-electron chi connectivity index (χ3n) is 4.56. The number of rotatable bonds is 2. The summed E-state index contributed by atoms with van der Waals surface area (Å²) in [4.78, 5) is 22.4. The fourth-order valence-electron chi connectivity index (χ4n) is 3.40. The largest absolute Gasteiger partial charge is 0.342 e. The number of imidazole rings is 1. The lowest BCUT2D eigenvalue weighted by atomic mass is 10.1. The Kier molecular flexibility index (Phi) is 3.18. The van der Waals surface area contributed by atoms with Gasteiger partial charge in [0.25, 0.3) is 0 Å². The molecule has 1 atom stereocenters. The Morgan fingerprint density at radius 1 is 1.17 bits per heavy atom. The molecule has 1 aliphatic heterocycles. The van der Waals surface area contributed by atoms with Crippen molar-refractivity contribution in [1.29, 1.82) is 0 Å². The Morgan fingerprint density at radius 2 is 2.00 bits per heavy atom. The molecule has 23 heavy (non-hydrogen) atoms. The van der Waals surface area contributed by atoms with Crippen LogP contribution >= 0.6 is 0 Å². The number of carbonyl (C=O) groups excluding carboxylic acids is 1. The normalized spacial score (nSPS) is 18.1. The number of H-pyrrole nitrogens is 1. The molecule has 1 saturated heterocycles. The number of hydrogen-bond donors (Lipinski definition) is 1. The molecule has 2 aromatic carbocycles. The SMILES string of the molecule is Cc1ccc(N2C[C@@H](c3nc4ccccc4[nH]3)CC2=O)c(C)c1. The summed E-state index contributed by atoms with van der Waals surface area (Å²) in [6, 6.07) is 14.2. The van der Waals surface area contributed by atoms with Crippen LogP contribution in [-0.2, 0) is 4.79 Å². The lowest BCUT2D eigenvalue weighted by Crippen LogP contribution is -2.25. The van der Waals surface area contributed by atoms with E-state index >= 15 is 0 Å². The second kappa shape index (κ2) is 5.23. The summed E-state index contributed by atoms with van der Waals surface area (Å²) in [5.41, 5.74) is 5.36. The van der Waals surface area contributed by atoms with Crippen molar-refractivity contribution in [3.8, 4) is 0 Å². The van der Waals surface area contributed by atoms with E-state index in [2.05, 4.69) is 35.9 Å². The first-order chi connectivity index (χ1) is 11.1. The third-order valence-corrected chi connectivity index (χ3v) is 4.56. The van der Waals surface area contributed by atoms with Crippen molar-refractivity contribution in [3.05, 3.63) is 59.4 Å². The number of hydrogen-bond acceptors (Lipinski definition) is 2. The minimum Gasteiger partial charge on any atom is -0.342 e. The quantitative estimate of drug-likeness (QED) is 0.785. The minimum absolute atomic E-state index is 0.121. The van der Waals surface area contributed by atoms with Crippen molar-refractivity contribution in [1.82, 2.24) is 9.97 Å². The van der Waals surface area contributed by atoms with Gasteiger partial charge in [0.2, 0.25) is 5.91 Å². The number of aromatic nitrogens is 2. The molecular weight excluding hydrogens is 286 g/mol. The Labute approximate surface area is 135 Å². The van der Waals surface area contributed by atoms with E-state index in [9.17, 15) is 4.79 Å². The predicted octanol–water partition coefficient (Wildman–Crippen LogP) is 3.70. The molecule has 1 N–H and O–H groups in total. The molecule has 116 valence electrons. The number of anilines is 1. The molecule has 1 amide bonds. The van der Waals surface area contributed by atoms with E-state index in [1.165, 1.54) is 5.56 Å². The number of para-hydroxylation sites is 2. The highest BCUT2D eigenvalue weighted by Crippen LogP contribution is 2.33. The van der Waals surface area contributed by atoms with Crippen LogP contribution in [-0.4, -0.2) is 22.4 Å². The maximum absolute atomic E-state index is 12.5. The Bertz CT molecular complexity index is 864. The van der Waals surface area contributed by atoms with E-state index in [0.717, 1.165) is 28.1 Å². The molecule has 0 aliphatic carbocycles. The summed E-state index contributed by atoms with van der Waals surface area (Å²) in [6.45, 7) is 4.81. The zero-order chi connectivity index (χ0) is 16.0. The second-order valence-electron chi connectivity index (χ2n) is 6.33. The molecule has 3 aromatic rings. The highest BCUT2D eigenvalue weighted by molar-refractivity contribution is 5.97. The van der Waals surface area contributed by atoms with Gasteiger partial charge in [0.05, 0.1) is 11.0 Å². The zero-order valence-corrected chi connectivity index (χ0v) is 13.3. The van der Waals surface area contributed by atoms with E-state index in [1.807, 2.05) is 35.2 Å². The smallest absolute Gasteiger partial charge is 0.227 e. The second-order valence-corrected chi connectivity index (χ2v) is 6.33. The van der Waals surface area contributed by atoms with Crippen LogP contribution in [0.5, 0.6) is 0 Å². The number of nitrogens with zero attached hydrogens (tertiary/aromatic N) is 2. The number of aryl methyl sites for hydroxylation is 2. The van der Waals surface area contributed by atoms with Crippen LogP contribution in [0.4, 0.5) is 5.69 Å². The lowest BCUT2D eigenvalue weighted by molar-refractivity contribution is -0.117. The first kappa shape index (κ1) is 14.0. The molecule has 0 radical (unpaired) electrons. The molecule has 0 spiro atoms. The van der Waals surface area contributed by atoms with Crippen molar-refractivity contribution in [2.24, 2.45) is 0 Å². The fraction of sp³-hybridized carbons (Fsp3) is 0.263. The van der Waals surface area contributed by atoms with Crippen LogP contribution in [0.25, 0.3) is 11.0 Å². The van der Waals surface area contributed by atoms with Crippen molar-refractivity contribution in [2.75, 3.05) is 11.4 Å². The van der Waals surface area contributed by atoms with E-state index in [-0.39, 0.29) is 11.8 Å². The molecule has 1 aromatic heterocycles. The summed E-state index contributed by atoms with van der Waals surface area (Å²) < 4.78 is 0. The number of benzene rings is 2. The molecule has 0 unspecified atom stereocenters. The van der Waals surface area contributed by atoms with Gasteiger partial charge >= 0.3 is 0 Å². The summed E-state index contributed by atoms with van der Waals surface area (Å²) >= 11 is 0. The van der Waals surface area contributed by atoms with Gasteiger partial charge in [0.15, 0.2) is 0 Å². The van der Waals surface area contributed by atoms with Gasteiger partial charge in [-0.3, -0.25) is 4.79 Å². The van der Waals surface area contributed by atoms with Gasteiger partial charge in [-0.15, -0.1) is 0 Å². The predicted molar refractivity (Wildman–Crippen MR) is 91.7 cm³/mol. The lowest BCUT2D eigenvalue weighted by Gasteiger charge is -2.19. The number of fused-ring (bicyclic) bond motifs is 1. The molecular formula is C19H19N3O. The highest BCUT2D eigenvalue weighted by atomic mass is 16.2. The third kappa shape index (κ3) is 2.40. The Morgan fingerprint density at radius 3 is 2.78 bits per heavy atom. The maximum atomic E-state index is 12.5. The average Bonchev–Trinajstić information content (AvgIpc) is 3.11. The summed E-state index contributed by atoms with van der Waals surface area (Å²) in [7, 11) is 0. The van der Waals surface area contributed by atoms with Crippen LogP contribution in [0.15, 0.2) is 42.5 Å². The topological polar surface area (TPSA) is 49.0 Å². The van der Waals surface area contributed by atoms with E-state index < -0.39 is 0 Å². The van der Waals surface area contributed by atoms with Gasteiger partial charge < -0.3 is 9.88 Å². The van der Waals surface area contributed by atoms with E-state index in [0.29, 0.717) is 13.0 Å². The van der Waals surface area contributed by atoms with Gasteiger partial charge in [-0.25, -0.2) is 4.98 Å².